The number of fused-ring (bicyclic) bond motifs is 3. The number of aromatic nitrogens is 2. The molecule has 1 aliphatic heterocycles. The summed E-state index contributed by atoms with van der Waals surface area (Å²) in [4.78, 5) is 4.45. The second-order valence-electron chi connectivity index (χ2n) is 5.66. The first-order chi connectivity index (χ1) is 11.5. The second-order valence-corrected chi connectivity index (χ2v) is 6.09. The van der Waals surface area contributed by atoms with Crippen LogP contribution >= 0.6 is 11.6 Å². The monoisotopic (exact) mass is 350 g/mol. The van der Waals surface area contributed by atoms with Crippen LogP contribution in [0.25, 0.3) is 11.0 Å². The molecule has 0 fully saturated rings. The Labute approximate surface area is 141 Å². The van der Waals surface area contributed by atoms with Crippen LogP contribution < -0.4 is 4.74 Å². The molecule has 1 aromatic heterocycles. The predicted octanol–water partition coefficient (Wildman–Crippen LogP) is 4.32. The lowest BCUT2D eigenvalue weighted by atomic mass is 10.0. The van der Waals surface area contributed by atoms with Crippen molar-refractivity contribution >= 4 is 22.6 Å². The van der Waals surface area contributed by atoms with Crippen LogP contribution in [-0.2, 0) is 0 Å². The Hall–Kier alpha value is -2.18. The highest BCUT2D eigenvalue weighted by Gasteiger charge is 2.35. The smallest absolute Gasteiger partial charge is 0.387 e. The molecule has 1 aliphatic rings. The molecule has 7 heteroatoms. The molecule has 0 aliphatic carbocycles. The number of ether oxygens (including phenoxy) is 1. The van der Waals surface area contributed by atoms with E-state index in [1.165, 1.54) is 6.07 Å². The van der Waals surface area contributed by atoms with Crippen molar-refractivity contribution in [2.75, 3.05) is 0 Å². The third-order valence-electron chi connectivity index (χ3n) is 4.23. The van der Waals surface area contributed by atoms with E-state index in [2.05, 4.69) is 9.72 Å². The maximum atomic E-state index is 12.7. The van der Waals surface area contributed by atoms with Gasteiger partial charge in [0.25, 0.3) is 0 Å². The molecule has 2 aromatic carbocycles. The molecule has 3 aromatic rings. The lowest BCUT2D eigenvalue weighted by molar-refractivity contribution is -0.0507. The molecule has 124 valence electrons. The molecule has 0 amide bonds. The van der Waals surface area contributed by atoms with Crippen LogP contribution in [0.5, 0.6) is 5.75 Å². The van der Waals surface area contributed by atoms with E-state index in [-0.39, 0.29) is 11.8 Å². The average molecular weight is 351 g/mol. The number of hydrogen-bond acceptors (Lipinski definition) is 3. The number of rotatable bonds is 3. The molecular weight excluding hydrogens is 338 g/mol. The second kappa shape index (κ2) is 5.72. The van der Waals surface area contributed by atoms with E-state index >= 15 is 0 Å². The van der Waals surface area contributed by atoms with Crippen molar-refractivity contribution < 1.29 is 18.6 Å². The maximum absolute atomic E-state index is 12.7. The maximum Gasteiger partial charge on any atom is 0.387 e. The van der Waals surface area contributed by atoms with Gasteiger partial charge in [-0.05, 0) is 24.3 Å². The number of alkyl halides is 2. The van der Waals surface area contributed by atoms with Crippen LogP contribution in [-0.4, -0.2) is 21.3 Å². The Balaban J connectivity index is 1.89. The quantitative estimate of drug-likeness (QED) is 0.765. The van der Waals surface area contributed by atoms with E-state index in [1.54, 1.807) is 36.4 Å². The molecule has 0 radical (unpaired) electrons. The van der Waals surface area contributed by atoms with Crippen LogP contribution in [0.4, 0.5) is 8.78 Å². The summed E-state index contributed by atoms with van der Waals surface area (Å²) < 4.78 is 31.9. The van der Waals surface area contributed by atoms with Crippen molar-refractivity contribution in [3.8, 4) is 5.75 Å². The first kappa shape index (κ1) is 15.4. The van der Waals surface area contributed by atoms with E-state index in [0.29, 0.717) is 28.3 Å². The van der Waals surface area contributed by atoms with Crippen molar-refractivity contribution in [2.24, 2.45) is 0 Å². The molecule has 4 rings (SSSR count). The minimum absolute atomic E-state index is 0.0985. The zero-order valence-corrected chi connectivity index (χ0v) is 13.1. The van der Waals surface area contributed by atoms with Gasteiger partial charge in [-0.1, -0.05) is 29.8 Å². The molecule has 1 N–H and O–H groups in total. The molecule has 24 heavy (non-hydrogen) atoms. The summed E-state index contributed by atoms with van der Waals surface area (Å²) in [5, 5.41) is 10.9. The Morgan fingerprint density at radius 1 is 1.25 bits per heavy atom. The minimum atomic E-state index is -2.91. The standard InChI is InChI=1S/C17H13ClF2N2O2/c18-9-5-6-11-13(7-9)22-12(8-14(23)16(22)21-11)10-3-1-2-4-15(10)24-17(19)20/h1-7,12,14,17,23H,8H2/t12-,14-/m1/s1. The Kier molecular flexibility index (Phi) is 3.66. The first-order valence-electron chi connectivity index (χ1n) is 7.44. The highest BCUT2D eigenvalue weighted by Crippen LogP contribution is 2.44. The molecular formula is C17H13ClF2N2O2. The van der Waals surface area contributed by atoms with Gasteiger partial charge in [0.2, 0.25) is 0 Å². The molecule has 0 saturated heterocycles. The number of benzene rings is 2. The number of imidazole rings is 1. The van der Waals surface area contributed by atoms with E-state index in [4.69, 9.17) is 11.6 Å². The summed E-state index contributed by atoms with van der Waals surface area (Å²) in [5.74, 6) is 0.602. The molecule has 2 heterocycles. The first-order valence-corrected chi connectivity index (χ1v) is 7.81. The Bertz CT molecular complexity index is 913. The number of nitrogens with zero attached hydrogens (tertiary/aromatic N) is 2. The van der Waals surface area contributed by atoms with Gasteiger partial charge in [0.05, 0.1) is 17.1 Å². The van der Waals surface area contributed by atoms with Gasteiger partial charge in [-0.2, -0.15) is 8.78 Å². The minimum Gasteiger partial charge on any atom is -0.434 e. The molecule has 0 bridgehead atoms. The molecule has 2 atom stereocenters. The van der Waals surface area contributed by atoms with Crippen LogP contribution in [0.15, 0.2) is 42.5 Å². The summed E-state index contributed by atoms with van der Waals surface area (Å²) in [5.41, 5.74) is 2.03. The summed E-state index contributed by atoms with van der Waals surface area (Å²) in [6.45, 7) is -2.91. The summed E-state index contributed by atoms with van der Waals surface area (Å²) in [6.07, 6.45) is -0.435. The van der Waals surface area contributed by atoms with E-state index < -0.39 is 12.7 Å². The van der Waals surface area contributed by atoms with Gasteiger partial charge in [0.15, 0.2) is 0 Å². The highest BCUT2D eigenvalue weighted by molar-refractivity contribution is 6.31. The van der Waals surface area contributed by atoms with E-state index in [0.717, 1.165) is 5.52 Å². The van der Waals surface area contributed by atoms with E-state index in [9.17, 15) is 13.9 Å². The Morgan fingerprint density at radius 2 is 2.04 bits per heavy atom. The number of hydrogen-bond donors (Lipinski definition) is 1. The topological polar surface area (TPSA) is 47.3 Å². The fraction of sp³-hybridized carbons (Fsp3) is 0.235. The molecule has 0 spiro atoms. The average Bonchev–Trinajstić information content (AvgIpc) is 3.05. The van der Waals surface area contributed by atoms with Crippen molar-refractivity contribution in [3.63, 3.8) is 0 Å². The van der Waals surface area contributed by atoms with Crippen LogP contribution in [0.1, 0.15) is 30.0 Å². The van der Waals surface area contributed by atoms with Gasteiger partial charge in [-0.15, -0.1) is 0 Å². The zero-order valence-electron chi connectivity index (χ0n) is 12.4. The van der Waals surface area contributed by atoms with E-state index in [1.807, 2.05) is 4.57 Å². The summed E-state index contributed by atoms with van der Waals surface area (Å²) in [7, 11) is 0. The number of para-hydroxylation sites is 1. The Morgan fingerprint density at radius 3 is 2.83 bits per heavy atom. The van der Waals surface area contributed by atoms with Crippen molar-refractivity contribution in [2.45, 2.75) is 25.2 Å². The van der Waals surface area contributed by atoms with Crippen molar-refractivity contribution in [3.05, 3.63) is 58.9 Å². The number of aliphatic hydroxyl groups excluding tert-OH is 1. The highest BCUT2D eigenvalue weighted by atomic mass is 35.5. The van der Waals surface area contributed by atoms with Crippen LogP contribution in [0.2, 0.25) is 5.02 Å². The third kappa shape index (κ3) is 2.42. The van der Waals surface area contributed by atoms with Crippen molar-refractivity contribution in [1.82, 2.24) is 9.55 Å². The molecule has 0 unspecified atom stereocenters. The van der Waals surface area contributed by atoms with Crippen molar-refractivity contribution in [1.29, 1.82) is 0 Å². The SMILES string of the molecule is O[C@@H]1C[C@H](c2ccccc2OC(F)F)n2c1nc1ccc(Cl)cc12. The zero-order chi connectivity index (χ0) is 16.8. The van der Waals surface area contributed by atoms with Gasteiger partial charge in [0.1, 0.15) is 17.7 Å². The lowest BCUT2D eigenvalue weighted by Gasteiger charge is -2.18. The lowest BCUT2D eigenvalue weighted by Crippen LogP contribution is -2.10. The van der Waals surface area contributed by atoms with Crippen LogP contribution in [0, 0.1) is 0 Å². The fourth-order valence-corrected chi connectivity index (χ4v) is 3.46. The van der Waals surface area contributed by atoms with Gasteiger partial charge in [-0.3, -0.25) is 0 Å². The molecule has 0 saturated carbocycles. The van der Waals surface area contributed by atoms with Gasteiger partial charge >= 0.3 is 6.61 Å². The third-order valence-corrected chi connectivity index (χ3v) is 4.46. The normalized spacial score (nSPS) is 19.9. The fourth-order valence-electron chi connectivity index (χ4n) is 3.29. The van der Waals surface area contributed by atoms with Gasteiger partial charge in [0, 0.05) is 17.0 Å². The summed E-state index contributed by atoms with van der Waals surface area (Å²) in [6, 6.07) is 11.5. The largest absolute Gasteiger partial charge is 0.434 e. The number of halogens is 3. The summed E-state index contributed by atoms with van der Waals surface area (Å²) >= 11 is 6.08. The number of aliphatic hydroxyl groups is 1. The van der Waals surface area contributed by atoms with Gasteiger partial charge in [-0.25, -0.2) is 4.98 Å². The van der Waals surface area contributed by atoms with Gasteiger partial charge < -0.3 is 14.4 Å². The predicted molar refractivity (Wildman–Crippen MR) is 85.5 cm³/mol. The molecule has 4 nitrogen and oxygen atoms in total. The van der Waals surface area contributed by atoms with Crippen LogP contribution in [0.3, 0.4) is 0 Å².